The number of hydrogen-bond donors (Lipinski definition) is 2. The summed E-state index contributed by atoms with van der Waals surface area (Å²) in [6, 6.07) is 0. The van der Waals surface area contributed by atoms with E-state index in [9.17, 15) is 9.90 Å². The monoisotopic (exact) mass is 242 g/mol. The second kappa shape index (κ2) is 4.92. The third-order valence-corrected chi connectivity index (χ3v) is 4.07. The van der Waals surface area contributed by atoms with Gasteiger partial charge in [0.2, 0.25) is 0 Å². The molecule has 2 bridgehead atoms. The van der Waals surface area contributed by atoms with Crippen LogP contribution in [0.1, 0.15) is 26.2 Å². The number of hydrogen-bond acceptors (Lipinski definition) is 4. The minimum atomic E-state index is -0.822. The van der Waals surface area contributed by atoms with Crippen molar-refractivity contribution >= 4 is 5.97 Å². The van der Waals surface area contributed by atoms with Gasteiger partial charge in [0.15, 0.2) is 0 Å². The number of likely N-dealkylation sites (N-methyl/N-ethyl adjacent to an activating group) is 1. The number of rotatable bonds is 5. The number of ether oxygens (including phenoxy) is 1. The lowest BCUT2D eigenvalue weighted by atomic mass is 9.98. The first-order valence-electron chi connectivity index (χ1n) is 6.33. The average Bonchev–Trinajstić information content (AvgIpc) is 2.65. The lowest BCUT2D eigenvalue weighted by Gasteiger charge is -2.34. The van der Waals surface area contributed by atoms with Crippen molar-refractivity contribution in [2.45, 2.75) is 43.9 Å². The summed E-state index contributed by atoms with van der Waals surface area (Å²) in [5, 5.41) is 12.1. The molecule has 2 heterocycles. The Hall–Kier alpha value is -0.650. The Labute approximate surface area is 102 Å². The lowest BCUT2D eigenvalue weighted by Crippen LogP contribution is -2.51. The van der Waals surface area contributed by atoms with Crippen LogP contribution in [0.5, 0.6) is 0 Å². The van der Waals surface area contributed by atoms with Gasteiger partial charge in [0.25, 0.3) is 0 Å². The molecule has 2 aliphatic rings. The molecule has 2 aliphatic heterocycles. The van der Waals surface area contributed by atoms with Crippen LogP contribution in [-0.2, 0) is 9.53 Å². The first-order chi connectivity index (χ1) is 8.03. The van der Waals surface area contributed by atoms with E-state index in [0.717, 1.165) is 32.5 Å². The first kappa shape index (κ1) is 12.8. The Morgan fingerprint density at radius 2 is 2.06 bits per heavy atom. The van der Waals surface area contributed by atoms with Gasteiger partial charge >= 0.3 is 5.97 Å². The standard InChI is InChI=1S/C12H22N2O3/c1-12(13-2,11(15)16)5-6-14-7-9-3-4-10(8-14)17-9/h9-10,13H,3-8H2,1-2H3,(H,15,16). The van der Waals surface area contributed by atoms with E-state index in [4.69, 9.17) is 4.74 Å². The van der Waals surface area contributed by atoms with Crippen LogP contribution in [0, 0.1) is 0 Å². The van der Waals surface area contributed by atoms with Crippen molar-refractivity contribution in [2.24, 2.45) is 0 Å². The van der Waals surface area contributed by atoms with E-state index >= 15 is 0 Å². The SMILES string of the molecule is CNC(C)(CCN1CC2CCC(C1)O2)C(=O)O. The maximum absolute atomic E-state index is 11.2. The van der Waals surface area contributed by atoms with Crippen molar-refractivity contribution in [3.63, 3.8) is 0 Å². The third kappa shape index (κ3) is 2.78. The van der Waals surface area contributed by atoms with Gasteiger partial charge in [0, 0.05) is 19.6 Å². The van der Waals surface area contributed by atoms with Gasteiger partial charge in [-0.15, -0.1) is 0 Å². The quantitative estimate of drug-likeness (QED) is 0.726. The van der Waals surface area contributed by atoms with Gasteiger partial charge in [0.1, 0.15) is 5.54 Å². The number of likely N-dealkylation sites (tertiary alicyclic amines) is 1. The summed E-state index contributed by atoms with van der Waals surface area (Å²) in [5.41, 5.74) is -0.822. The molecular weight excluding hydrogens is 220 g/mol. The molecule has 2 rings (SSSR count). The number of carboxylic acid groups (broad SMARTS) is 1. The molecule has 0 radical (unpaired) electrons. The molecule has 0 aromatic carbocycles. The molecule has 0 spiro atoms. The summed E-state index contributed by atoms with van der Waals surface area (Å²) in [6.07, 6.45) is 3.68. The summed E-state index contributed by atoms with van der Waals surface area (Å²) < 4.78 is 5.76. The minimum absolute atomic E-state index is 0.374. The van der Waals surface area contributed by atoms with E-state index < -0.39 is 11.5 Å². The number of carboxylic acids is 1. The molecule has 2 fully saturated rings. The fourth-order valence-electron chi connectivity index (χ4n) is 2.60. The highest BCUT2D eigenvalue weighted by Crippen LogP contribution is 2.26. The fourth-order valence-corrected chi connectivity index (χ4v) is 2.60. The van der Waals surface area contributed by atoms with Crippen molar-refractivity contribution in [1.29, 1.82) is 0 Å². The predicted molar refractivity (Wildman–Crippen MR) is 64.1 cm³/mol. The van der Waals surface area contributed by atoms with Crippen molar-refractivity contribution in [3.8, 4) is 0 Å². The molecular formula is C12H22N2O3. The smallest absolute Gasteiger partial charge is 0.323 e. The summed E-state index contributed by atoms with van der Waals surface area (Å²) in [7, 11) is 1.71. The highest BCUT2D eigenvalue weighted by molar-refractivity contribution is 5.78. The van der Waals surface area contributed by atoms with Crippen LogP contribution >= 0.6 is 0 Å². The molecule has 0 aromatic rings. The Bertz CT molecular complexity index is 285. The molecule has 0 aliphatic carbocycles. The Balaban J connectivity index is 1.83. The fraction of sp³-hybridized carbons (Fsp3) is 0.917. The van der Waals surface area contributed by atoms with Gasteiger partial charge in [-0.1, -0.05) is 0 Å². The van der Waals surface area contributed by atoms with Gasteiger partial charge in [-0.3, -0.25) is 9.69 Å². The molecule has 2 N–H and O–H groups in total. The summed E-state index contributed by atoms with van der Waals surface area (Å²) in [6.45, 7) is 4.47. The largest absolute Gasteiger partial charge is 0.480 e. The molecule has 2 saturated heterocycles. The van der Waals surface area contributed by atoms with Crippen molar-refractivity contribution in [2.75, 3.05) is 26.7 Å². The van der Waals surface area contributed by atoms with E-state index in [1.165, 1.54) is 0 Å². The van der Waals surface area contributed by atoms with Gasteiger partial charge in [0.05, 0.1) is 12.2 Å². The average molecular weight is 242 g/mol. The van der Waals surface area contributed by atoms with Crippen LogP contribution in [0.3, 0.4) is 0 Å². The van der Waals surface area contributed by atoms with Crippen LogP contribution in [0.2, 0.25) is 0 Å². The van der Waals surface area contributed by atoms with Crippen molar-refractivity contribution < 1.29 is 14.6 Å². The number of nitrogens with zero attached hydrogens (tertiary/aromatic N) is 1. The van der Waals surface area contributed by atoms with E-state index in [1.54, 1.807) is 14.0 Å². The topological polar surface area (TPSA) is 61.8 Å². The van der Waals surface area contributed by atoms with E-state index in [1.807, 2.05) is 0 Å². The molecule has 98 valence electrons. The molecule has 0 amide bonds. The summed E-state index contributed by atoms with van der Waals surface area (Å²) in [5.74, 6) is -0.781. The van der Waals surface area contributed by atoms with Gasteiger partial charge < -0.3 is 15.2 Å². The normalized spacial score (nSPS) is 32.4. The lowest BCUT2D eigenvalue weighted by molar-refractivity contribution is -0.144. The molecule has 17 heavy (non-hydrogen) atoms. The number of aliphatic carboxylic acids is 1. The summed E-state index contributed by atoms with van der Waals surface area (Å²) >= 11 is 0. The second-order valence-corrected chi connectivity index (χ2v) is 5.35. The number of morpholine rings is 1. The second-order valence-electron chi connectivity index (χ2n) is 5.35. The Morgan fingerprint density at radius 1 is 1.47 bits per heavy atom. The van der Waals surface area contributed by atoms with Gasteiger partial charge in [-0.25, -0.2) is 0 Å². The highest BCUT2D eigenvalue weighted by Gasteiger charge is 2.36. The zero-order chi connectivity index (χ0) is 12.5. The van der Waals surface area contributed by atoms with Crippen LogP contribution in [0.25, 0.3) is 0 Å². The van der Waals surface area contributed by atoms with Crippen molar-refractivity contribution in [1.82, 2.24) is 10.2 Å². The molecule has 3 atom stereocenters. The molecule has 0 saturated carbocycles. The molecule has 5 nitrogen and oxygen atoms in total. The minimum Gasteiger partial charge on any atom is -0.480 e. The third-order valence-electron chi connectivity index (χ3n) is 4.07. The number of fused-ring (bicyclic) bond motifs is 2. The zero-order valence-electron chi connectivity index (χ0n) is 10.6. The first-order valence-corrected chi connectivity index (χ1v) is 6.33. The number of carbonyl (C=O) groups is 1. The van der Waals surface area contributed by atoms with Crippen LogP contribution in [0.4, 0.5) is 0 Å². The Kier molecular flexibility index (Phi) is 3.70. The van der Waals surface area contributed by atoms with Crippen molar-refractivity contribution in [3.05, 3.63) is 0 Å². The highest BCUT2D eigenvalue weighted by atomic mass is 16.5. The van der Waals surface area contributed by atoms with Crippen LogP contribution in [-0.4, -0.2) is 60.4 Å². The molecule has 3 unspecified atom stereocenters. The summed E-state index contributed by atoms with van der Waals surface area (Å²) in [4.78, 5) is 13.5. The van der Waals surface area contributed by atoms with E-state index in [2.05, 4.69) is 10.2 Å². The van der Waals surface area contributed by atoms with Gasteiger partial charge in [-0.2, -0.15) is 0 Å². The molecule has 0 aromatic heterocycles. The zero-order valence-corrected chi connectivity index (χ0v) is 10.6. The number of nitrogens with one attached hydrogen (secondary N) is 1. The maximum atomic E-state index is 11.2. The van der Waals surface area contributed by atoms with Crippen LogP contribution < -0.4 is 5.32 Å². The maximum Gasteiger partial charge on any atom is 0.323 e. The van der Waals surface area contributed by atoms with Crippen LogP contribution in [0.15, 0.2) is 0 Å². The van der Waals surface area contributed by atoms with E-state index in [0.29, 0.717) is 18.6 Å². The Morgan fingerprint density at radius 3 is 2.53 bits per heavy atom. The van der Waals surface area contributed by atoms with Gasteiger partial charge in [-0.05, 0) is 33.2 Å². The molecule has 5 heteroatoms. The van der Waals surface area contributed by atoms with E-state index in [-0.39, 0.29) is 0 Å². The predicted octanol–water partition coefficient (Wildman–Crippen LogP) is 0.302.